The standard InChI is InChI=1S/C24H29N3O2/c1-15(26-21-20(25-6)23(2,3)14-24(21,4)5)19-12-18(13-27(19)7)16-8-10-17(11-9-16)22(28)29/h8-13H,6,14H2,1-5,7H3,(H,28,29). The van der Waals surface area contributed by atoms with E-state index in [1.165, 1.54) is 0 Å². The Morgan fingerprint density at radius 3 is 2.21 bits per heavy atom. The maximum absolute atomic E-state index is 11.1. The van der Waals surface area contributed by atoms with Crippen LogP contribution in [0.15, 0.2) is 57.9 Å². The Balaban J connectivity index is 2.01. The average Bonchev–Trinajstić information content (AvgIpc) is 3.09. The molecule has 0 atom stereocenters. The quantitative estimate of drug-likeness (QED) is 0.677. The molecule has 5 heteroatoms. The monoisotopic (exact) mass is 391 g/mol. The van der Waals surface area contributed by atoms with Crippen molar-refractivity contribution in [3.8, 4) is 11.1 Å². The fourth-order valence-electron chi connectivity index (χ4n) is 4.52. The first-order chi connectivity index (χ1) is 13.5. The highest BCUT2D eigenvalue weighted by Gasteiger charge is 2.44. The number of benzene rings is 1. The molecule has 0 fully saturated rings. The van der Waals surface area contributed by atoms with Gasteiger partial charge in [0.1, 0.15) is 0 Å². The molecule has 5 nitrogen and oxygen atoms in total. The SMILES string of the molecule is C=NC1=C(N=C(C)c2cc(-c3ccc(C(=O)O)cc3)cn2C)C(C)(C)CC1(C)C. The van der Waals surface area contributed by atoms with Crippen molar-refractivity contribution in [3.63, 3.8) is 0 Å². The van der Waals surface area contributed by atoms with Gasteiger partial charge >= 0.3 is 5.97 Å². The molecule has 2 aromatic rings. The lowest BCUT2D eigenvalue weighted by molar-refractivity contribution is 0.0697. The number of carboxylic acids is 1. The highest BCUT2D eigenvalue weighted by Crippen LogP contribution is 2.53. The summed E-state index contributed by atoms with van der Waals surface area (Å²) in [5.74, 6) is -0.921. The predicted molar refractivity (Wildman–Crippen MR) is 119 cm³/mol. The van der Waals surface area contributed by atoms with Gasteiger partial charge in [0, 0.05) is 29.6 Å². The third kappa shape index (κ3) is 3.82. The second-order valence-electron chi connectivity index (χ2n) is 9.10. The van der Waals surface area contributed by atoms with Crippen molar-refractivity contribution in [1.29, 1.82) is 0 Å². The molecule has 0 amide bonds. The summed E-state index contributed by atoms with van der Waals surface area (Å²) in [4.78, 5) is 20.4. The number of aromatic carboxylic acids is 1. The summed E-state index contributed by atoms with van der Waals surface area (Å²) in [5.41, 5.74) is 6.07. The predicted octanol–water partition coefficient (Wildman–Crippen LogP) is 5.57. The van der Waals surface area contributed by atoms with Crippen molar-refractivity contribution in [2.24, 2.45) is 27.9 Å². The van der Waals surface area contributed by atoms with Gasteiger partial charge in [-0.1, -0.05) is 39.8 Å². The number of aromatic nitrogens is 1. The van der Waals surface area contributed by atoms with Gasteiger partial charge in [-0.25, -0.2) is 4.79 Å². The molecule has 29 heavy (non-hydrogen) atoms. The number of hydrogen-bond donors (Lipinski definition) is 1. The lowest BCUT2D eigenvalue weighted by Crippen LogP contribution is -2.15. The Morgan fingerprint density at radius 1 is 1.07 bits per heavy atom. The van der Waals surface area contributed by atoms with E-state index in [1.54, 1.807) is 12.1 Å². The van der Waals surface area contributed by atoms with E-state index in [9.17, 15) is 4.79 Å². The fraction of sp³-hybridized carbons (Fsp3) is 0.375. The highest BCUT2D eigenvalue weighted by molar-refractivity contribution is 5.99. The zero-order chi connectivity index (χ0) is 21.6. The van der Waals surface area contributed by atoms with Crippen LogP contribution in [-0.2, 0) is 7.05 Å². The molecule has 0 saturated heterocycles. The van der Waals surface area contributed by atoms with E-state index in [4.69, 9.17) is 10.1 Å². The minimum absolute atomic E-state index is 0.0460. The Morgan fingerprint density at radius 2 is 1.66 bits per heavy atom. The van der Waals surface area contributed by atoms with Crippen LogP contribution in [0.2, 0.25) is 0 Å². The number of hydrogen-bond acceptors (Lipinski definition) is 3. The average molecular weight is 392 g/mol. The van der Waals surface area contributed by atoms with E-state index in [0.29, 0.717) is 0 Å². The first-order valence-electron chi connectivity index (χ1n) is 9.74. The lowest BCUT2D eigenvalue weighted by atomic mass is 9.81. The topological polar surface area (TPSA) is 66.9 Å². The van der Waals surface area contributed by atoms with Crippen LogP contribution in [-0.4, -0.2) is 28.1 Å². The minimum Gasteiger partial charge on any atom is -0.478 e. The van der Waals surface area contributed by atoms with Crippen molar-refractivity contribution < 1.29 is 9.90 Å². The fourth-order valence-corrected chi connectivity index (χ4v) is 4.52. The van der Waals surface area contributed by atoms with Gasteiger partial charge in [0.2, 0.25) is 0 Å². The number of carboxylic acid groups (broad SMARTS) is 1. The minimum atomic E-state index is -0.921. The molecule has 1 heterocycles. The van der Waals surface area contributed by atoms with Crippen molar-refractivity contribution >= 4 is 18.4 Å². The van der Waals surface area contributed by atoms with E-state index in [0.717, 1.165) is 40.3 Å². The van der Waals surface area contributed by atoms with Crippen LogP contribution >= 0.6 is 0 Å². The molecule has 152 valence electrons. The number of rotatable bonds is 5. The second kappa shape index (κ2) is 7.14. The number of aliphatic imine (C=N–C) groups is 2. The maximum atomic E-state index is 11.1. The molecule has 0 unspecified atom stereocenters. The van der Waals surface area contributed by atoms with Gasteiger partial charge in [0.05, 0.1) is 28.4 Å². The molecule has 1 N–H and O–H groups in total. The third-order valence-corrected chi connectivity index (χ3v) is 5.67. The highest BCUT2D eigenvalue weighted by atomic mass is 16.4. The van der Waals surface area contributed by atoms with E-state index < -0.39 is 5.97 Å². The summed E-state index contributed by atoms with van der Waals surface area (Å²) >= 11 is 0. The molecule has 1 aliphatic carbocycles. The molecule has 3 rings (SSSR count). The maximum Gasteiger partial charge on any atom is 0.335 e. The number of aryl methyl sites for hydroxylation is 1. The molecule has 0 radical (unpaired) electrons. The number of nitrogens with zero attached hydrogens (tertiary/aromatic N) is 3. The Kier molecular flexibility index (Phi) is 5.11. The summed E-state index contributed by atoms with van der Waals surface area (Å²) in [6.07, 6.45) is 3.02. The Hall–Kier alpha value is -2.95. The molecule has 1 aromatic carbocycles. The largest absolute Gasteiger partial charge is 0.478 e. The molecule has 1 aliphatic rings. The normalized spacial score (nSPS) is 18.2. The van der Waals surface area contributed by atoms with Crippen LogP contribution in [0.5, 0.6) is 0 Å². The Bertz CT molecular complexity index is 1030. The molecular formula is C24H29N3O2. The van der Waals surface area contributed by atoms with Crippen LogP contribution in [0.4, 0.5) is 0 Å². The van der Waals surface area contributed by atoms with Crippen molar-refractivity contribution in [2.75, 3.05) is 0 Å². The molecular weight excluding hydrogens is 362 g/mol. The van der Waals surface area contributed by atoms with Crippen LogP contribution in [0, 0.1) is 10.8 Å². The van der Waals surface area contributed by atoms with Gasteiger partial charge in [-0.15, -0.1) is 0 Å². The first-order valence-corrected chi connectivity index (χ1v) is 9.74. The van der Waals surface area contributed by atoms with Crippen LogP contribution in [0.1, 0.15) is 57.1 Å². The number of carbonyl (C=O) groups is 1. The Labute approximate surface area is 172 Å². The van der Waals surface area contributed by atoms with E-state index in [-0.39, 0.29) is 16.4 Å². The van der Waals surface area contributed by atoms with Gasteiger partial charge in [0.25, 0.3) is 0 Å². The zero-order valence-corrected chi connectivity index (χ0v) is 18.1. The number of allylic oxidation sites excluding steroid dienone is 2. The van der Waals surface area contributed by atoms with Crippen LogP contribution < -0.4 is 0 Å². The summed E-state index contributed by atoms with van der Waals surface area (Å²) < 4.78 is 2.05. The molecule has 0 bridgehead atoms. The third-order valence-electron chi connectivity index (χ3n) is 5.67. The van der Waals surface area contributed by atoms with E-state index in [1.807, 2.05) is 36.9 Å². The summed E-state index contributed by atoms with van der Waals surface area (Å²) in [6.45, 7) is 14.6. The van der Waals surface area contributed by atoms with Crippen LogP contribution in [0.25, 0.3) is 11.1 Å². The van der Waals surface area contributed by atoms with Gasteiger partial charge in [-0.05, 0) is 43.8 Å². The lowest BCUT2D eigenvalue weighted by Gasteiger charge is -2.23. The van der Waals surface area contributed by atoms with Crippen LogP contribution in [0.3, 0.4) is 0 Å². The first kappa shape index (κ1) is 20.8. The van der Waals surface area contributed by atoms with E-state index >= 15 is 0 Å². The van der Waals surface area contributed by atoms with Gasteiger partial charge < -0.3 is 9.67 Å². The molecule has 0 saturated carbocycles. The van der Waals surface area contributed by atoms with Crippen molar-refractivity contribution in [3.05, 3.63) is 59.2 Å². The molecule has 0 spiro atoms. The van der Waals surface area contributed by atoms with Gasteiger partial charge in [-0.2, -0.15) is 0 Å². The summed E-state index contributed by atoms with van der Waals surface area (Å²) in [6, 6.07) is 9.01. The van der Waals surface area contributed by atoms with Crippen molar-refractivity contribution in [2.45, 2.75) is 41.0 Å². The second-order valence-corrected chi connectivity index (χ2v) is 9.10. The van der Waals surface area contributed by atoms with Crippen molar-refractivity contribution in [1.82, 2.24) is 4.57 Å². The van der Waals surface area contributed by atoms with Gasteiger partial charge in [-0.3, -0.25) is 9.98 Å². The molecule has 0 aliphatic heterocycles. The van der Waals surface area contributed by atoms with E-state index in [2.05, 4.69) is 45.5 Å². The van der Waals surface area contributed by atoms with Gasteiger partial charge in [0.15, 0.2) is 0 Å². The molecule has 1 aromatic heterocycles. The smallest absolute Gasteiger partial charge is 0.335 e. The summed E-state index contributed by atoms with van der Waals surface area (Å²) in [7, 11) is 1.99. The summed E-state index contributed by atoms with van der Waals surface area (Å²) in [5, 5.41) is 9.09. The zero-order valence-electron chi connectivity index (χ0n) is 18.1.